The number of alkyl halides is 6. The minimum atomic E-state index is -5.02. The van der Waals surface area contributed by atoms with Crippen LogP contribution in [0.4, 0.5) is 42.5 Å². The predicted octanol–water partition coefficient (Wildman–Crippen LogP) is 6.46. The predicted molar refractivity (Wildman–Crippen MR) is 125 cm³/mol. The van der Waals surface area contributed by atoms with E-state index in [0.717, 1.165) is 11.3 Å². The molecule has 2 amide bonds. The van der Waals surface area contributed by atoms with Crippen LogP contribution in [0.15, 0.2) is 66.9 Å². The maximum absolute atomic E-state index is 13.2. The summed E-state index contributed by atoms with van der Waals surface area (Å²) in [5.74, 6) is 0. The molecule has 1 N–H and O–H groups in total. The van der Waals surface area contributed by atoms with Gasteiger partial charge >= 0.3 is 18.4 Å². The number of nitrogens with one attached hydrogen (secondary N) is 1. The van der Waals surface area contributed by atoms with Crippen molar-refractivity contribution in [2.75, 3.05) is 30.9 Å². The SMILES string of the molecule is CN(C)c1ccc(CN(CCc2ccccn2)C(=O)Nc2cc(C(F)(F)F)cc(C(F)(F)F)c2)cc1. The first kappa shape index (κ1) is 26.8. The molecular weight excluding hydrogens is 486 g/mol. The molecule has 0 spiro atoms. The van der Waals surface area contributed by atoms with Gasteiger partial charge in [0.15, 0.2) is 0 Å². The van der Waals surface area contributed by atoms with Gasteiger partial charge in [-0.2, -0.15) is 26.3 Å². The topological polar surface area (TPSA) is 48.5 Å². The van der Waals surface area contributed by atoms with Crippen LogP contribution in [-0.2, 0) is 25.3 Å². The van der Waals surface area contributed by atoms with Gasteiger partial charge in [-0.25, -0.2) is 4.79 Å². The minimum absolute atomic E-state index is 0.0147. The Morgan fingerprint density at radius 3 is 2.00 bits per heavy atom. The van der Waals surface area contributed by atoms with E-state index in [0.29, 0.717) is 24.2 Å². The third-order valence-electron chi connectivity index (χ3n) is 5.32. The van der Waals surface area contributed by atoms with Gasteiger partial charge in [-0.05, 0) is 48.0 Å². The van der Waals surface area contributed by atoms with Gasteiger partial charge in [-0.3, -0.25) is 4.98 Å². The molecule has 0 bridgehead atoms. The number of amides is 2. The highest BCUT2D eigenvalue weighted by molar-refractivity contribution is 5.89. The molecule has 3 aromatic rings. The third-order valence-corrected chi connectivity index (χ3v) is 5.32. The van der Waals surface area contributed by atoms with Crippen molar-refractivity contribution in [1.29, 1.82) is 0 Å². The summed E-state index contributed by atoms with van der Waals surface area (Å²) in [5, 5.41) is 2.21. The number of aromatic nitrogens is 1. The molecule has 11 heteroatoms. The molecule has 5 nitrogen and oxygen atoms in total. The summed E-state index contributed by atoms with van der Waals surface area (Å²) in [7, 11) is 3.73. The second-order valence-electron chi connectivity index (χ2n) is 8.28. The largest absolute Gasteiger partial charge is 0.416 e. The molecule has 0 aliphatic heterocycles. The van der Waals surface area contributed by atoms with Crippen LogP contribution in [0.1, 0.15) is 22.4 Å². The van der Waals surface area contributed by atoms with E-state index in [-0.39, 0.29) is 19.2 Å². The number of hydrogen-bond donors (Lipinski definition) is 1. The molecule has 0 unspecified atom stereocenters. The lowest BCUT2D eigenvalue weighted by molar-refractivity contribution is -0.143. The molecule has 0 atom stereocenters. The summed E-state index contributed by atoms with van der Waals surface area (Å²) >= 11 is 0. The summed E-state index contributed by atoms with van der Waals surface area (Å²) in [6.45, 7) is 0.209. The average molecular weight is 510 g/mol. The van der Waals surface area contributed by atoms with Gasteiger partial charge in [0.05, 0.1) is 11.1 Å². The Kier molecular flexibility index (Phi) is 8.11. The highest BCUT2D eigenvalue weighted by Crippen LogP contribution is 2.37. The minimum Gasteiger partial charge on any atom is -0.378 e. The van der Waals surface area contributed by atoms with Crippen LogP contribution in [-0.4, -0.2) is 36.6 Å². The quantitative estimate of drug-likeness (QED) is 0.371. The fraction of sp³-hybridized carbons (Fsp3) is 0.280. The van der Waals surface area contributed by atoms with Crippen LogP contribution in [0, 0.1) is 0 Å². The molecule has 0 aliphatic rings. The Morgan fingerprint density at radius 2 is 1.50 bits per heavy atom. The summed E-state index contributed by atoms with van der Waals surface area (Å²) in [6.07, 6.45) is -8.12. The van der Waals surface area contributed by atoms with E-state index in [2.05, 4.69) is 10.3 Å². The number of rotatable bonds is 7. The first-order valence-corrected chi connectivity index (χ1v) is 10.8. The fourth-order valence-electron chi connectivity index (χ4n) is 3.40. The lowest BCUT2D eigenvalue weighted by Gasteiger charge is -2.24. The van der Waals surface area contributed by atoms with E-state index in [1.807, 2.05) is 31.1 Å². The molecule has 0 aliphatic carbocycles. The van der Waals surface area contributed by atoms with Gasteiger partial charge in [0, 0.05) is 56.9 Å². The molecular formula is C25H24F6N4O. The van der Waals surface area contributed by atoms with Crippen molar-refractivity contribution in [1.82, 2.24) is 9.88 Å². The summed E-state index contributed by atoms with van der Waals surface area (Å²) in [4.78, 5) is 20.5. The van der Waals surface area contributed by atoms with Gasteiger partial charge < -0.3 is 15.1 Å². The zero-order chi connectivity index (χ0) is 26.5. The zero-order valence-corrected chi connectivity index (χ0v) is 19.5. The van der Waals surface area contributed by atoms with Crippen molar-refractivity contribution in [3.05, 3.63) is 89.2 Å². The number of urea groups is 1. The lowest BCUT2D eigenvalue weighted by atomic mass is 10.1. The number of carbonyl (C=O) groups excluding carboxylic acids is 1. The monoisotopic (exact) mass is 510 g/mol. The van der Waals surface area contributed by atoms with Gasteiger partial charge in [-0.15, -0.1) is 0 Å². The number of nitrogens with zero attached hydrogens (tertiary/aromatic N) is 3. The molecule has 2 aromatic carbocycles. The Balaban J connectivity index is 1.87. The van der Waals surface area contributed by atoms with Crippen molar-refractivity contribution >= 4 is 17.4 Å². The number of pyridine rings is 1. The van der Waals surface area contributed by atoms with Crippen LogP contribution in [0.5, 0.6) is 0 Å². The summed E-state index contributed by atoms with van der Waals surface area (Å²) in [6, 6.07) is 12.7. The lowest BCUT2D eigenvalue weighted by Crippen LogP contribution is -2.36. The highest BCUT2D eigenvalue weighted by atomic mass is 19.4. The second kappa shape index (κ2) is 10.9. The molecule has 3 rings (SSSR count). The average Bonchev–Trinajstić information content (AvgIpc) is 2.81. The van der Waals surface area contributed by atoms with Crippen molar-refractivity contribution in [2.45, 2.75) is 25.3 Å². The normalized spacial score (nSPS) is 11.8. The Labute approximate surface area is 204 Å². The van der Waals surface area contributed by atoms with Crippen LogP contribution in [0.2, 0.25) is 0 Å². The van der Waals surface area contributed by atoms with E-state index < -0.39 is 35.2 Å². The maximum Gasteiger partial charge on any atom is 0.416 e. The molecule has 192 valence electrons. The molecule has 1 heterocycles. The number of anilines is 2. The van der Waals surface area contributed by atoms with Gasteiger partial charge in [0.2, 0.25) is 0 Å². The number of halogens is 6. The molecule has 0 radical (unpaired) electrons. The molecule has 0 saturated carbocycles. The highest BCUT2D eigenvalue weighted by Gasteiger charge is 2.37. The molecule has 0 fully saturated rings. The van der Waals surface area contributed by atoms with Gasteiger partial charge in [-0.1, -0.05) is 18.2 Å². The van der Waals surface area contributed by atoms with Crippen molar-refractivity contribution < 1.29 is 31.1 Å². The zero-order valence-electron chi connectivity index (χ0n) is 19.5. The Hall–Kier alpha value is -3.76. The molecule has 1 aromatic heterocycles. The van der Waals surface area contributed by atoms with Crippen molar-refractivity contribution in [3.8, 4) is 0 Å². The Bertz CT molecular complexity index is 1130. The fourth-order valence-corrected chi connectivity index (χ4v) is 3.40. The van der Waals surface area contributed by atoms with E-state index >= 15 is 0 Å². The van der Waals surface area contributed by atoms with Crippen LogP contribution in [0.25, 0.3) is 0 Å². The molecule has 36 heavy (non-hydrogen) atoms. The second-order valence-corrected chi connectivity index (χ2v) is 8.28. The van der Waals surface area contributed by atoms with E-state index in [4.69, 9.17) is 0 Å². The van der Waals surface area contributed by atoms with E-state index in [1.54, 1.807) is 36.5 Å². The third kappa shape index (κ3) is 7.37. The number of carbonyl (C=O) groups is 1. The maximum atomic E-state index is 13.2. The van der Waals surface area contributed by atoms with Gasteiger partial charge in [0.25, 0.3) is 0 Å². The van der Waals surface area contributed by atoms with Crippen molar-refractivity contribution in [2.24, 2.45) is 0 Å². The van der Waals surface area contributed by atoms with Crippen LogP contribution in [0.3, 0.4) is 0 Å². The van der Waals surface area contributed by atoms with Crippen LogP contribution < -0.4 is 10.2 Å². The molecule has 0 saturated heterocycles. The number of benzene rings is 2. The van der Waals surface area contributed by atoms with E-state index in [9.17, 15) is 31.1 Å². The standard InChI is InChI=1S/C25H24F6N4O/c1-34(2)22-8-6-17(7-9-22)16-35(12-10-20-5-3-4-11-32-20)23(36)33-21-14-18(24(26,27)28)13-19(15-21)25(29,30)31/h3-9,11,13-15H,10,12,16H2,1-2H3,(H,33,36). The summed E-state index contributed by atoms with van der Waals surface area (Å²) in [5.41, 5.74) is -1.29. The number of hydrogen-bond acceptors (Lipinski definition) is 3. The smallest absolute Gasteiger partial charge is 0.378 e. The first-order valence-electron chi connectivity index (χ1n) is 10.8. The van der Waals surface area contributed by atoms with E-state index in [1.165, 1.54) is 4.90 Å². The van der Waals surface area contributed by atoms with Crippen LogP contribution >= 0.6 is 0 Å². The van der Waals surface area contributed by atoms with Gasteiger partial charge in [0.1, 0.15) is 0 Å². The Morgan fingerprint density at radius 1 is 0.889 bits per heavy atom. The summed E-state index contributed by atoms with van der Waals surface area (Å²) < 4.78 is 79.3. The first-order chi connectivity index (χ1) is 16.8. The van der Waals surface area contributed by atoms with Crippen molar-refractivity contribution in [3.63, 3.8) is 0 Å².